The van der Waals surface area contributed by atoms with Gasteiger partial charge < -0.3 is 5.32 Å². The van der Waals surface area contributed by atoms with Crippen molar-refractivity contribution in [3.05, 3.63) is 71.7 Å². The molecule has 1 aliphatic rings. The SMILES string of the molecule is Cc1nn(-c2ccccc2)c2c1N(CC(=O)NCc1ccc(F)cc1)C(=O)CS2. The fourth-order valence-corrected chi connectivity index (χ4v) is 4.26. The summed E-state index contributed by atoms with van der Waals surface area (Å²) in [4.78, 5) is 26.5. The molecule has 8 heteroatoms. The van der Waals surface area contributed by atoms with Crippen molar-refractivity contribution in [2.24, 2.45) is 0 Å². The van der Waals surface area contributed by atoms with Crippen molar-refractivity contribution in [2.75, 3.05) is 17.2 Å². The first-order chi connectivity index (χ1) is 14.0. The zero-order valence-electron chi connectivity index (χ0n) is 15.8. The first kappa shape index (κ1) is 19.2. The molecule has 2 aromatic carbocycles. The molecule has 0 atom stereocenters. The zero-order chi connectivity index (χ0) is 20.4. The van der Waals surface area contributed by atoms with Gasteiger partial charge >= 0.3 is 0 Å². The Morgan fingerprint density at radius 1 is 1.17 bits per heavy atom. The minimum Gasteiger partial charge on any atom is -0.350 e. The van der Waals surface area contributed by atoms with E-state index in [9.17, 15) is 14.0 Å². The second kappa shape index (κ2) is 8.08. The second-order valence-corrected chi connectivity index (χ2v) is 7.62. The van der Waals surface area contributed by atoms with Gasteiger partial charge in [-0.15, -0.1) is 0 Å². The van der Waals surface area contributed by atoms with E-state index in [0.29, 0.717) is 11.4 Å². The number of fused-ring (bicyclic) bond motifs is 1. The number of benzene rings is 2. The van der Waals surface area contributed by atoms with Gasteiger partial charge in [-0.3, -0.25) is 14.5 Å². The van der Waals surface area contributed by atoms with E-state index in [-0.39, 0.29) is 36.5 Å². The summed E-state index contributed by atoms with van der Waals surface area (Å²) in [6, 6.07) is 15.6. The molecule has 148 valence electrons. The number of hydrogen-bond acceptors (Lipinski definition) is 4. The Hall–Kier alpha value is -3.13. The number of carbonyl (C=O) groups is 2. The molecule has 0 aliphatic carbocycles. The molecule has 0 radical (unpaired) electrons. The van der Waals surface area contributed by atoms with Gasteiger partial charge in [0.25, 0.3) is 0 Å². The summed E-state index contributed by atoms with van der Waals surface area (Å²) < 4.78 is 14.8. The lowest BCUT2D eigenvalue weighted by Gasteiger charge is -2.27. The number of aryl methyl sites for hydroxylation is 1. The number of nitrogens with one attached hydrogen (secondary N) is 1. The summed E-state index contributed by atoms with van der Waals surface area (Å²) in [6.45, 7) is 2.01. The smallest absolute Gasteiger partial charge is 0.240 e. The van der Waals surface area contributed by atoms with Crippen LogP contribution < -0.4 is 10.2 Å². The Bertz CT molecular complexity index is 1050. The van der Waals surface area contributed by atoms with Gasteiger partial charge in [0.2, 0.25) is 11.8 Å². The number of para-hydroxylation sites is 1. The van der Waals surface area contributed by atoms with Crippen LogP contribution in [-0.2, 0) is 16.1 Å². The molecule has 4 rings (SSSR count). The molecule has 29 heavy (non-hydrogen) atoms. The Morgan fingerprint density at radius 3 is 2.62 bits per heavy atom. The van der Waals surface area contributed by atoms with Crippen molar-refractivity contribution in [3.8, 4) is 5.69 Å². The van der Waals surface area contributed by atoms with Crippen molar-refractivity contribution in [2.45, 2.75) is 18.5 Å². The fourth-order valence-electron chi connectivity index (χ4n) is 3.18. The van der Waals surface area contributed by atoms with Crippen molar-refractivity contribution in [1.29, 1.82) is 0 Å². The molecule has 3 aromatic rings. The van der Waals surface area contributed by atoms with E-state index >= 15 is 0 Å². The third-order valence-electron chi connectivity index (χ3n) is 4.60. The van der Waals surface area contributed by atoms with Gasteiger partial charge in [0.15, 0.2) is 0 Å². The first-order valence-corrected chi connectivity index (χ1v) is 10.1. The molecular formula is C21H19FN4O2S. The van der Waals surface area contributed by atoms with Crippen LogP contribution in [0.4, 0.5) is 10.1 Å². The van der Waals surface area contributed by atoms with Crippen LogP contribution in [0.5, 0.6) is 0 Å². The Morgan fingerprint density at radius 2 is 1.90 bits per heavy atom. The number of aromatic nitrogens is 2. The predicted octanol–water partition coefficient (Wildman–Crippen LogP) is 3.07. The van der Waals surface area contributed by atoms with E-state index in [1.807, 2.05) is 41.9 Å². The molecule has 2 amide bonds. The summed E-state index contributed by atoms with van der Waals surface area (Å²) in [6.07, 6.45) is 0. The topological polar surface area (TPSA) is 67.2 Å². The lowest BCUT2D eigenvalue weighted by atomic mass is 10.2. The van der Waals surface area contributed by atoms with Crippen molar-refractivity contribution in [3.63, 3.8) is 0 Å². The van der Waals surface area contributed by atoms with Crippen molar-refractivity contribution < 1.29 is 14.0 Å². The van der Waals surface area contributed by atoms with Crippen LogP contribution in [-0.4, -0.2) is 33.9 Å². The third-order valence-corrected chi connectivity index (χ3v) is 5.63. The van der Waals surface area contributed by atoms with Gasteiger partial charge in [-0.05, 0) is 36.8 Å². The highest BCUT2D eigenvalue weighted by molar-refractivity contribution is 8.00. The number of rotatable bonds is 5. The normalized spacial score (nSPS) is 13.3. The number of halogens is 1. The van der Waals surface area contributed by atoms with E-state index in [4.69, 9.17) is 0 Å². The molecule has 1 N–H and O–H groups in total. The molecule has 1 aromatic heterocycles. The van der Waals surface area contributed by atoms with Crippen LogP contribution >= 0.6 is 11.8 Å². The van der Waals surface area contributed by atoms with E-state index in [0.717, 1.165) is 16.3 Å². The Balaban J connectivity index is 1.53. The second-order valence-electron chi connectivity index (χ2n) is 6.66. The van der Waals surface area contributed by atoms with Gasteiger partial charge in [-0.25, -0.2) is 9.07 Å². The quantitative estimate of drug-likeness (QED) is 0.702. The molecule has 0 saturated carbocycles. The summed E-state index contributed by atoms with van der Waals surface area (Å²) >= 11 is 1.42. The van der Waals surface area contributed by atoms with Crippen LogP contribution in [0.15, 0.2) is 59.6 Å². The molecule has 2 heterocycles. The highest BCUT2D eigenvalue weighted by atomic mass is 32.2. The van der Waals surface area contributed by atoms with E-state index < -0.39 is 0 Å². The maximum atomic E-state index is 13.0. The van der Waals surface area contributed by atoms with Crippen LogP contribution in [0, 0.1) is 12.7 Å². The minimum absolute atomic E-state index is 0.0884. The van der Waals surface area contributed by atoms with Gasteiger partial charge in [0.1, 0.15) is 17.4 Å². The monoisotopic (exact) mass is 410 g/mol. The van der Waals surface area contributed by atoms with Gasteiger partial charge in [0, 0.05) is 6.54 Å². The molecule has 0 bridgehead atoms. The molecule has 0 spiro atoms. The van der Waals surface area contributed by atoms with Gasteiger partial charge in [-0.1, -0.05) is 42.1 Å². The average molecular weight is 410 g/mol. The predicted molar refractivity (Wildman–Crippen MR) is 110 cm³/mol. The number of anilines is 1. The Labute approximate surface area is 171 Å². The van der Waals surface area contributed by atoms with Crippen molar-refractivity contribution in [1.82, 2.24) is 15.1 Å². The number of carbonyl (C=O) groups excluding carboxylic acids is 2. The molecule has 0 fully saturated rings. The number of amides is 2. The number of hydrogen-bond donors (Lipinski definition) is 1. The first-order valence-electron chi connectivity index (χ1n) is 9.12. The van der Waals surface area contributed by atoms with E-state index in [1.54, 1.807) is 12.1 Å². The zero-order valence-corrected chi connectivity index (χ0v) is 16.6. The maximum Gasteiger partial charge on any atom is 0.240 e. The fraction of sp³-hybridized carbons (Fsp3) is 0.190. The standard InChI is InChI=1S/C21H19FN4O2S/c1-14-20-21(26(24-14)17-5-3-2-4-6-17)29-13-19(28)25(20)12-18(27)23-11-15-7-9-16(22)10-8-15/h2-10H,11-13H2,1H3,(H,23,27). The highest BCUT2D eigenvalue weighted by Gasteiger charge is 2.32. The van der Waals surface area contributed by atoms with Crippen LogP contribution in [0.1, 0.15) is 11.3 Å². The van der Waals surface area contributed by atoms with Gasteiger partial charge in [0.05, 0.1) is 22.8 Å². The average Bonchev–Trinajstić information content (AvgIpc) is 3.07. The third kappa shape index (κ3) is 4.02. The molecule has 0 saturated heterocycles. The number of thioether (sulfide) groups is 1. The summed E-state index contributed by atoms with van der Waals surface area (Å²) in [5, 5.41) is 8.22. The largest absolute Gasteiger partial charge is 0.350 e. The van der Waals surface area contributed by atoms with Crippen molar-refractivity contribution >= 4 is 29.3 Å². The minimum atomic E-state index is -0.324. The lowest BCUT2D eigenvalue weighted by molar-refractivity contribution is -0.123. The summed E-state index contributed by atoms with van der Waals surface area (Å²) in [5.41, 5.74) is 3.05. The van der Waals surface area contributed by atoms with Crippen LogP contribution in [0.3, 0.4) is 0 Å². The summed E-state index contributed by atoms with van der Waals surface area (Å²) in [5.74, 6) is -0.492. The molecule has 6 nitrogen and oxygen atoms in total. The van der Waals surface area contributed by atoms with Crippen LogP contribution in [0.2, 0.25) is 0 Å². The van der Waals surface area contributed by atoms with Crippen LogP contribution in [0.25, 0.3) is 5.69 Å². The molecular weight excluding hydrogens is 391 g/mol. The van der Waals surface area contributed by atoms with E-state index in [2.05, 4.69) is 10.4 Å². The van der Waals surface area contributed by atoms with E-state index in [1.165, 1.54) is 28.8 Å². The molecule has 0 unspecified atom stereocenters. The highest BCUT2D eigenvalue weighted by Crippen LogP contribution is 2.39. The summed E-state index contributed by atoms with van der Waals surface area (Å²) in [7, 11) is 0. The Kier molecular flexibility index (Phi) is 5.35. The number of nitrogens with zero attached hydrogens (tertiary/aromatic N) is 3. The maximum absolute atomic E-state index is 13.0. The molecule has 1 aliphatic heterocycles. The lowest BCUT2D eigenvalue weighted by Crippen LogP contribution is -2.43. The van der Waals surface area contributed by atoms with Gasteiger partial charge in [-0.2, -0.15) is 5.10 Å².